The summed E-state index contributed by atoms with van der Waals surface area (Å²) in [5, 5.41) is 3.21. The van der Waals surface area contributed by atoms with Gasteiger partial charge in [-0.05, 0) is 55.6 Å². The number of rotatable bonds is 4. The van der Waals surface area contributed by atoms with Crippen molar-refractivity contribution in [3.63, 3.8) is 0 Å². The fourth-order valence-corrected chi connectivity index (χ4v) is 4.50. The van der Waals surface area contributed by atoms with Crippen molar-refractivity contribution in [2.45, 2.75) is 38.6 Å². The van der Waals surface area contributed by atoms with Gasteiger partial charge in [-0.3, -0.25) is 9.78 Å². The third kappa shape index (κ3) is 2.10. The van der Waals surface area contributed by atoms with E-state index in [2.05, 4.69) is 29.4 Å². The van der Waals surface area contributed by atoms with Crippen molar-refractivity contribution in [1.82, 2.24) is 10.3 Å². The first-order valence-electron chi connectivity index (χ1n) is 8.08. The molecule has 1 heterocycles. The summed E-state index contributed by atoms with van der Waals surface area (Å²) in [5.41, 5.74) is 1.53. The van der Waals surface area contributed by atoms with Gasteiger partial charge in [-0.2, -0.15) is 0 Å². The van der Waals surface area contributed by atoms with Crippen molar-refractivity contribution in [3.8, 4) is 0 Å². The fraction of sp³-hybridized carbons (Fsp3) is 0.556. The minimum atomic E-state index is 0.144. The quantitative estimate of drug-likeness (QED) is 0.863. The minimum absolute atomic E-state index is 0.144. The van der Waals surface area contributed by atoms with Crippen LogP contribution in [-0.4, -0.2) is 16.9 Å². The lowest BCUT2D eigenvalue weighted by Gasteiger charge is -2.22. The van der Waals surface area contributed by atoms with Gasteiger partial charge in [0.2, 0.25) is 5.91 Å². The molecular weight excluding hydrogens is 260 g/mol. The third-order valence-electron chi connectivity index (χ3n) is 5.69. The van der Waals surface area contributed by atoms with Crippen molar-refractivity contribution in [3.05, 3.63) is 42.2 Å². The second-order valence-electron chi connectivity index (χ2n) is 7.03. The van der Waals surface area contributed by atoms with Crippen LogP contribution in [0.2, 0.25) is 0 Å². The Bertz CT molecular complexity index is 576. The molecule has 110 valence electrons. The van der Waals surface area contributed by atoms with Crippen LogP contribution < -0.4 is 5.32 Å². The zero-order valence-corrected chi connectivity index (χ0v) is 12.5. The van der Waals surface area contributed by atoms with Crippen molar-refractivity contribution in [2.24, 2.45) is 23.2 Å². The topological polar surface area (TPSA) is 42.0 Å². The summed E-state index contributed by atoms with van der Waals surface area (Å²) in [4.78, 5) is 16.9. The van der Waals surface area contributed by atoms with E-state index in [9.17, 15) is 4.79 Å². The average molecular weight is 282 g/mol. The summed E-state index contributed by atoms with van der Waals surface area (Å²) in [7, 11) is 0. The Morgan fingerprint density at radius 2 is 2.29 bits per heavy atom. The third-order valence-corrected chi connectivity index (χ3v) is 5.69. The van der Waals surface area contributed by atoms with Crippen molar-refractivity contribution < 1.29 is 4.79 Å². The van der Waals surface area contributed by atoms with Crippen molar-refractivity contribution in [2.75, 3.05) is 0 Å². The van der Waals surface area contributed by atoms with E-state index in [0.717, 1.165) is 18.5 Å². The number of aromatic nitrogens is 1. The van der Waals surface area contributed by atoms with Gasteiger partial charge in [0.1, 0.15) is 0 Å². The molecule has 2 saturated carbocycles. The van der Waals surface area contributed by atoms with Gasteiger partial charge in [0.25, 0.3) is 0 Å². The van der Waals surface area contributed by atoms with Crippen molar-refractivity contribution >= 4 is 5.91 Å². The van der Waals surface area contributed by atoms with E-state index in [1.807, 2.05) is 18.2 Å². The number of carbonyl (C=O) groups excluding carboxylic acids is 1. The summed E-state index contributed by atoms with van der Waals surface area (Å²) < 4.78 is 0. The normalized spacial score (nSPS) is 32.3. The molecule has 0 radical (unpaired) electrons. The largest absolute Gasteiger partial charge is 0.353 e. The second-order valence-corrected chi connectivity index (χ2v) is 7.03. The summed E-state index contributed by atoms with van der Waals surface area (Å²) >= 11 is 0. The molecule has 0 aromatic carbocycles. The Labute approximate surface area is 125 Å². The van der Waals surface area contributed by atoms with Crippen LogP contribution in [-0.2, 0) is 11.2 Å². The predicted molar refractivity (Wildman–Crippen MR) is 81.4 cm³/mol. The van der Waals surface area contributed by atoms with E-state index in [4.69, 9.17) is 0 Å². The number of hydrogen-bond donors (Lipinski definition) is 1. The zero-order chi connectivity index (χ0) is 14.4. The molecule has 3 nitrogen and oxygen atoms in total. The minimum Gasteiger partial charge on any atom is -0.353 e. The summed E-state index contributed by atoms with van der Waals surface area (Å²) in [6.45, 7) is 2.07. The SMILES string of the molecule is CC(Cc1ccccn1)NC(=O)C1CC2C=CC1C21CC1. The predicted octanol–water partition coefficient (Wildman–Crippen LogP) is 2.73. The van der Waals surface area contributed by atoms with Gasteiger partial charge in [-0.15, -0.1) is 0 Å². The lowest BCUT2D eigenvalue weighted by Crippen LogP contribution is -2.40. The molecule has 3 aliphatic carbocycles. The van der Waals surface area contributed by atoms with Gasteiger partial charge in [-0.1, -0.05) is 18.2 Å². The summed E-state index contributed by atoms with van der Waals surface area (Å²) in [6.07, 6.45) is 11.0. The lowest BCUT2D eigenvalue weighted by atomic mass is 9.88. The average Bonchev–Trinajstić information content (AvgIpc) is 3.14. The van der Waals surface area contributed by atoms with Gasteiger partial charge in [-0.25, -0.2) is 0 Å². The number of nitrogens with one attached hydrogen (secondary N) is 1. The van der Waals surface area contributed by atoms with Crippen LogP contribution in [0.4, 0.5) is 0 Å². The number of nitrogens with zero attached hydrogens (tertiary/aromatic N) is 1. The van der Waals surface area contributed by atoms with E-state index < -0.39 is 0 Å². The van der Waals surface area contributed by atoms with Gasteiger partial charge in [0, 0.05) is 30.3 Å². The number of pyridine rings is 1. The van der Waals surface area contributed by atoms with E-state index in [0.29, 0.717) is 17.3 Å². The number of amides is 1. The highest BCUT2D eigenvalue weighted by Gasteiger charge is 2.64. The van der Waals surface area contributed by atoms with Gasteiger partial charge < -0.3 is 5.32 Å². The van der Waals surface area contributed by atoms with Crippen LogP contribution in [0, 0.1) is 23.2 Å². The second kappa shape index (κ2) is 4.69. The molecule has 4 atom stereocenters. The number of hydrogen-bond acceptors (Lipinski definition) is 2. The van der Waals surface area contributed by atoms with Crippen LogP contribution in [0.3, 0.4) is 0 Å². The van der Waals surface area contributed by atoms with Crippen molar-refractivity contribution in [1.29, 1.82) is 0 Å². The molecule has 1 spiro atoms. The Balaban J connectivity index is 1.37. The maximum absolute atomic E-state index is 12.6. The molecule has 4 rings (SSSR count). The number of carbonyl (C=O) groups is 1. The van der Waals surface area contributed by atoms with Gasteiger partial charge >= 0.3 is 0 Å². The molecule has 1 aromatic rings. The van der Waals surface area contributed by atoms with Gasteiger partial charge in [0.05, 0.1) is 0 Å². The van der Waals surface area contributed by atoms with Crippen LogP contribution in [0.5, 0.6) is 0 Å². The van der Waals surface area contributed by atoms with E-state index >= 15 is 0 Å². The molecule has 4 unspecified atom stereocenters. The molecule has 3 heteroatoms. The molecule has 0 aliphatic heterocycles. The first kappa shape index (κ1) is 13.1. The summed E-state index contributed by atoms with van der Waals surface area (Å²) in [6, 6.07) is 6.07. The first-order valence-corrected chi connectivity index (χ1v) is 8.08. The Hall–Kier alpha value is -1.64. The molecule has 1 aromatic heterocycles. The summed E-state index contributed by atoms with van der Waals surface area (Å²) in [5.74, 6) is 1.63. The molecule has 1 N–H and O–H groups in total. The molecule has 2 fully saturated rings. The Morgan fingerprint density at radius 3 is 2.95 bits per heavy atom. The Morgan fingerprint density at radius 1 is 1.43 bits per heavy atom. The van der Waals surface area contributed by atoms with E-state index in [-0.39, 0.29) is 17.9 Å². The highest BCUT2D eigenvalue weighted by Crippen LogP contribution is 2.70. The number of allylic oxidation sites excluding steroid dienone is 2. The molecule has 3 aliphatic rings. The van der Waals surface area contributed by atoms with E-state index in [1.165, 1.54) is 12.8 Å². The maximum Gasteiger partial charge on any atom is 0.223 e. The fourth-order valence-electron chi connectivity index (χ4n) is 4.50. The highest BCUT2D eigenvalue weighted by molar-refractivity contribution is 5.80. The van der Waals surface area contributed by atoms with Crippen LogP contribution in [0.25, 0.3) is 0 Å². The molecule has 1 amide bonds. The Kier molecular flexibility index (Phi) is 2.91. The van der Waals surface area contributed by atoms with E-state index in [1.54, 1.807) is 6.20 Å². The smallest absolute Gasteiger partial charge is 0.223 e. The first-order chi connectivity index (χ1) is 10.2. The molecule has 0 saturated heterocycles. The van der Waals surface area contributed by atoms with Crippen LogP contribution >= 0.6 is 0 Å². The maximum atomic E-state index is 12.6. The monoisotopic (exact) mass is 282 g/mol. The highest BCUT2D eigenvalue weighted by atomic mass is 16.2. The standard InChI is InChI=1S/C18H22N2O/c1-12(10-14-4-2-3-9-19-14)20-17(21)15-11-13-5-6-16(15)18(13)7-8-18/h2-6,9,12-13,15-16H,7-8,10-11H2,1H3,(H,20,21). The molecule has 2 bridgehead atoms. The molecule has 21 heavy (non-hydrogen) atoms. The zero-order valence-electron chi connectivity index (χ0n) is 12.5. The molecular formula is C18H22N2O. The lowest BCUT2D eigenvalue weighted by molar-refractivity contribution is -0.126. The van der Waals surface area contributed by atoms with Crippen LogP contribution in [0.1, 0.15) is 31.9 Å². The van der Waals surface area contributed by atoms with Gasteiger partial charge in [0.15, 0.2) is 0 Å². The van der Waals surface area contributed by atoms with Crippen LogP contribution in [0.15, 0.2) is 36.5 Å².